The molecule has 0 aromatic carbocycles. The molecule has 60 valence electrons. The van der Waals surface area contributed by atoms with E-state index in [9.17, 15) is 0 Å². The van der Waals surface area contributed by atoms with E-state index in [1.54, 1.807) is 0 Å². The average molecular weight is 541 g/mol. The molecular formula is I2N2O4Pt-2. The molecule has 0 unspecified atom stereocenters. The zero-order chi connectivity index (χ0) is 8.12. The van der Waals surface area contributed by atoms with Crippen LogP contribution in [0.3, 0.4) is 0 Å². The van der Waals surface area contributed by atoms with Gasteiger partial charge in [0.1, 0.15) is 0 Å². The quantitative estimate of drug-likeness (QED) is 0.267. The van der Waals surface area contributed by atoms with E-state index in [0.29, 0.717) is 11.2 Å². The molecule has 0 fully saturated rings. The average Bonchev–Trinajstić information content (AvgIpc) is 1.70. The molecule has 0 rings (SSSR count). The SMILES string of the molecule is O=N[O-].O=N[O-].[I][Pt][I]. The van der Waals surface area contributed by atoms with Gasteiger partial charge in [0.25, 0.3) is 0 Å². The van der Waals surface area contributed by atoms with Gasteiger partial charge in [-0.3, -0.25) is 0 Å². The van der Waals surface area contributed by atoms with Gasteiger partial charge in [-0.25, -0.2) is 0 Å². The fourth-order valence-electron chi connectivity index (χ4n) is 0. The summed E-state index contributed by atoms with van der Waals surface area (Å²) in [6, 6.07) is 0. The number of rotatable bonds is 0. The second kappa shape index (κ2) is 36.3. The molecule has 0 saturated carbocycles. The van der Waals surface area contributed by atoms with Gasteiger partial charge in [0.2, 0.25) is 0 Å². The van der Waals surface area contributed by atoms with Crippen molar-refractivity contribution in [2.75, 3.05) is 0 Å². The third kappa shape index (κ3) is 480. The Labute approximate surface area is 79.8 Å². The van der Waals surface area contributed by atoms with Gasteiger partial charge in [-0.05, 0) is 0 Å². The van der Waals surface area contributed by atoms with Crippen LogP contribution in [-0.4, -0.2) is 0 Å². The molecule has 0 N–H and O–H groups in total. The van der Waals surface area contributed by atoms with Gasteiger partial charge in [0, 0.05) is 0 Å². The topological polar surface area (TPSA) is 105 Å². The second-order valence-corrected chi connectivity index (χ2v) is 16.8. The third-order valence-corrected chi connectivity index (χ3v) is 0. The molecule has 0 amide bonds. The van der Waals surface area contributed by atoms with Gasteiger partial charge < -0.3 is 20.2 Å². The van der Waals surface area contributed by atoms with Gasteiger partial charge in [-0.2, -0.15) is 0 Å². The first-order chi connectivity index (χ1) is 4.24. The molecule has 0 aliphatic rings. The summed E-state index contributed by atoms with van der Waals surface area (Å²) in [5, 5.41) is 18.0. The predicted octanol–water partition coefficient (Wildman–Crippen LogP) is 2.27. The molecule has 0 aromatic heterocycles. The molecule has 0 spiro atoms. The van der Waals surface area contributed by atoms with Crippen LogP contribution in [0.25, 0.3) is 0 Å². The monoisotopic (exact) mass is 541 g/mol. The Balaban J connectivity index is -0.0000000600. The Bertz CT molecular complexity index is 45.8. The van der Waals surface area contributed by atoms with Gasteiger partial charge in [-0.15, -0.1) is 10.7 Å². The fourth-order valence-corrected chi connectivity index (χ4v) is 0. The summed E-state index contributed by atoms with van der Waals surface area (Å²) in [6.07, 6.45) is 0. The summed E-state index contributed by atoms with van der Waals surface area (Å²) in [6.45, 7) is 0. The first-order valence-corrected chi connectivity index (χ1v) is 13.9. The van der Waals surface area contributed by atoms with E-state index in [1.807, 2.05) is 0 Å². The van der Waals surface area contributed by atoms with Crippen LogP contribution in [0.1, 0.15) is 0 Å². The number of hydrogen-bond donors (Lipinski definition) is 0. The van der Waals surface area contributed by atoms with Crippen LogP contribution in [0.2, 0.25) is 0 Å². The van der Waals surface area contributed by atoms with E-state index in [4.69, 9.17) is 20.2 Å². The molecule has 0 aliphatic carbocycles. The Hall–Kier alpha value is 0.948. The van der Waals surface area contributed by atoms with E-state index >= 15 is 0 Å². The first-order valence-electron chi connectivity index (χ1n) is 0.969. The molecule has 0 aliphatic heterocycles. The van der Waals surface area contributed by atoms with Crippen molar-refractivity contribution in [3.63, 3.8) is 0 Å². The van der Waals surface area contributed by atoms with Crippen molar-refractivity contribution in [3.8, 4) is 0 Å². The molecule has 0 bridgehead atoms. The Morgan fingerprint density at radius 2 is 1.11 bits per heavy atom. The van der Waals surface area contributed by atoms with Crippen LogP contribution in [0.15, 0.2) is 10.7 Å². The van der Waals surface area contributed by atoms with Gasteiger partial charge in [0.15, 0.2) is 0 Å². The van der Waals surface area contributed by atoms with Crippen molar-refractivity contribution in [3.05, 3.63) is 20.2 Å². The summed E-state index contributed by atoms with van der Waals surface area (Å²) in [7, 11) is 0. The van der Waals surface area contributed by atoms with Crippen LogP contribution in [0.4, 0.5) is 0 Å². The summed E-state index contributed by atoms with van der Waals surface area (Å²) < 4.78 is 0. The van der Waals surface area contributed by atoms with Crippen molar-refractivity contribution in [1.29, 1.82) is 0 Å². The zero-order valence-electron chi connectivity index (χ0n) is 3.60. The normalized spacial score (nSPS) is 5.11. The minimum absolute atomic E-state index is 0.523. The van der Waals surface area contributed by atoms with E-state index < -0.39 is 0 Å². The standard InChI is InChI=1S/2HI.2HNO2.Pt/c;;2*2-1-3;/h2*1H;2*(H,2,3);/q;;;;+2/p-4. The Morgan fingerprint density at radius 3 is 1.11 bits per heavy atom. The summed E-state index contributed by atoms with van der Waals surface area (Å²) in [5.41, 5.74) is 0. The fraction of sp³-hybridized carbons (Fsp3) is 0. The second-order valence-electron chi connectivity index (χ2n) is 0.194. The number of hydrogen-bond acceptors (Lipinski definition) is 6. The van der Waals surface area contributed by atoms with Crippen molar-refractivity contribution < 1.29 is 11.2 Å². The van der Waals surface area contributed by atoms with Gasteiger partial charge in [0.05, 0.1) is 0 Å². The molecule has 0 aromatic rings. The van der Waals surface area contributed by atoms with Crippen LogP contribution in [-0.2, 0) is 11.2 Å². The molecule has 9 heavy (non-hydrogen) atoms. The minimum atomic E-state index is 0.523. The first kappa shape index (κ1) is 16.5. The van der Waals surface area contributed by atoms with E-state index in [0.717, 1.165) is 10.7 Å². The van der Waals surface area contributed by atoms with Crippen molar-refractivity contribution in [1.82, 2.24) is 0 Å². The van der Waals surface area contributed by atoms with Crippen molar-refractivity contribution >= 4 is 38.7 Å². The van der Waals surface area contributed by atoms with Crippen LogP contribution >= 0.6 is 38.7 Å². The maximum absolute atomic E-state index is 8.00. The van der Waals surface area contributed by atoms with Crippen molar-refractivity contribution in [2.24, 2.45) is 10.7 Å². The molecule has 0 saturated heterocycles. The maximum atomic E-state index is 8.00. The van der Waals surface area contributed by atoms with E-state index in [2.05, 4.69) is 38.7 Å². The predicted molar refractivity (Wildman–Crippen MR) is 46.4 cm³/mol. The molecule has 9 heteroatoms. The van der Waals surface area contributed by atoms with Gasteiger partial charge in [-0.1, -0.05) is 0 Å². The van der Waals surface area contributed by atoms with Crippen LogP contribution in [0.5, 0.6) is 0 Å². The third-order valence-electron chi connectivity index (χ3n) is 0. The Morgan fingerprint density at radius 1 is 1.11 bits per heavy atom. The van der Waals surface area contributed by atoms with Crippen molar-refractivity contribution in [2.45, 2.75) is 0 Å². The molecule has 0 heterocycles. The summed E-state index contributed by atoms with van der Waals surface area (Å²) in [5.74, 6) is 0. The number of halogens is 2. The molecule has 6 nitrogen and oxygen atoms in total. The van der Waals surface area contributed by atoms with E-state index in [-0.39, 0.29) is 0 Å². The summed E-state index contributed by atoms with van der Waals surface area (Å²) >= 11 is 5.30. The summed E-state index contributed by atoms with van der Waals surface area (Å²) in [4.78, 5) is 16.0. The van der Waals surface area contributed by atoms with E-state index in [1.165, 1.54) is 0 Å². The van der Waals surface area contributed by atoms with Gasteiger partial charge >= 0.3 is 49.9 Å². The number of nitrogens with zero attached hydrogens (tertiary/aromatic N) is 2. The van der Waals surface area contributed by atoms with Crippen LogP contribution < -0.4 is 0 Å². The molecule has 0 atom stereocenters. The van der Waals surface area contributed by atoms with Crippen LogP contribution in [0, 0.1) is 20.2 Å². The molecular weight excluding hydrogens is 541 g/mol. The molecule has 0 radical (unpaired) electrons. The zero-order valence-corrected chi connectivity index (χ0v) is 10.2. The Kier molecular flexibility index (Phi) is 66.5.